The number of benzene rings is 4. The lowest BCUT2D eigenvalue weighted by Gasteiger charge is -2.24. The first kappa shape index (κ1) is 31.2. The molecular formula is C38H32F2N2O6. The van der Waals surface area contributed by atoms with Crippen molar-refractivity contribution >= 4 is 35.1 Å². The maximum atomic E-state index is 13.6. The summed E-state index contributed by atoms with van der Waals surface area (Å²) in [6.45, 7) is 0. The van der Waals surface area contributed by atoms with Crippen LogP contribution in [0.15, 0.2) is 72.8 Å². The molecule has 2 unspecified atom stereocenters. The van der Waals surface area contributed by atoms with Gasteiger partial charge in [-0.25, -0.2) is 8.78 Å². The summed E-state index contributed by atoms with van der Waals surface area (Å²) in [5.74, 6) is -3.38. The summed E-state index contributed by atoms with van der Waals surface area (Å²) in [5, 5.41) is 18.6. The van der Waals surface area contributed by atoms with Gasteiger partial charge in [0.1, 0.15) is 11.6 Å². The number of carboxylic acids is 2. The van der Waals surface area contributed by atoms with Crippen LogP contribution in [0.25, 0.3) is 0 Å². The lowest BCUT2D eigenvalue weighted by atomic mass is 9.96. The summed E-state index contributed by atoms with van der Waals surface area (Å²) in [6, 6.07) is 18.0. The fourth-order valence-electron chi connectivity index (χ4n) is 7.61. The molecule has 2 N–H and O–H groups in total. The van der Waals surface area contributed by atoms with E-state index in [0.717, 1.165) is 60.8 Å². The highest BCUT2D eigenvalue weighted by Gasteiger charge is 2.41. The van der Waals surface area contributed by atoms with Crippen LogP contribution in [0.4, 0.5) is 20.2 Å². The SMILES string of the molecule is O=C(O)CC1c2cc3c(cc2C(=O)N1c1cccc(F)c1)CCC3.O=C(O)CC1c2cc3c(cc2C(=O)N1c1cccc(F)c1)CCC3. The quantitative estimate of drug-likeness (QED) is 0.233. The smallest absolute Gasteiger partial charge is 0.305 e. The van der Waals surface area contributed by atoms with Crippen molar-refractivity contribution in [2.75, 3.05) is 9.80 Å². The van der Waals surface area contributed by atoms with Crippen LogP contribution in [0.3, 0.4) is 0 Å². The van der Waals surface area contributed by atoms with Crippen molar-refractivity contribution in [3.8, 4) is 0 Å². The molecule has 48 heavy (non-hydrogen) atoms. The second-order valence-corrected chi connectivity index (χ2v) is 12.7. The lowest BCUT2D eigenvalue weighted by Crippen LogP contribution is -2.29. The van der Waals surface area contributed by atoms with Crippen LogP contribution < -0.4 is 9.80 Å². The van der Waals surface area contributed by atoms with Crippen molar-refractivity contribution in [2.45, 2.75) is 63.5 Å². The number of aliphatic carboxylic acids is 2. The van der Waals surface area contributed by atoms with Gasteiger partial charge in [-0.3, -0.25) is 19.2 Å². The first-order chi connectivity index (χ1) is 23.1. The maximum Gasteiger partial charge on any atom is 0.305 e. The summed E-state index contributed by atoms with van der Waals surface area (Å²) < 4.78 is 27.2. The highest BCUT2D eigenvalue weighted by Crippen LogP contribution is 2.43. The van der Waals surface area contributed by atoms with E-state index in [0.29, 0.717) is 22.5 Å². The molecule has 2 amide bonds. The number of rotatable bonds is 6. The van der Waals surface area contributed by atoms with Gasteiger partial charge in [0.25, 0.3) is 11.8 Å². The Morgan fingerprint density at radius 1 is 0.604 bits per heavy atom. The molecule has 0 spiro atoms. The molecule has 4 aromatic carbocycles. The molecule has 2 aliphatic heterocycles. The van der Waals surface area contributed by atoms with Crippen LogP contribution in [0.5, 0.6) is 0 Å². The van der Waals surface area contributed by atoms with E-state index in [1.54, 1.807) is 12.1 Å². The van der Waals surface area contributed by atoms with Crippen molar-refractivity contribution in [3.05, 3.63) is 129 Å². The van der Waals surface area contributed by atoms with E-state index >= 15 is 0 Å². The summed E-state index contributed by atoms with van der Waals surface area (Å²) >= 11 is 0. The van der Waals surface area contributed by atoms with E-state index in [1.165, 1.54) is 57.3 Å². The second-order valence-electron chi connectivity index (χ2n) is 12.7. The molecule has 2 atom stereocenters. The Bertz CT molecular complexity index is 1870. The molecule has 10 heteroatoms. The average Bonchev–Trinajstić information content (AvgIpc) is 3.81. The van der Waals surface area contributed by atoms with Gasteiger partial charge in [-0.05, 0) is 120 Å². The van der Waals surface area contributed by atoms with Crippen molar-refractivity contribution in [1.29, 1.82) is 0 Å². The van der Waals surface area contributed by atoms with Gasteiger partial charge in [-0.2, -0.15) is 0 Å². The zero-order chi connectivity index (χ0) is 33.7. The molecule has 4 aromatic rings. The topological polar surface area (TPSA) is 115 Å². The Morgan fingerprint density at radius 3 is 1.33 bits per heavy atom. The van der Waals surface area contributed by atoms with Crippen molar-refractivity contribution in [1.82, 2.24) is 0 Å². The van der Waals surface area contributed by atoms with E-state index in [-0.39, 0.29) is 24.7 Å². The van der Waals surface area contributed by atoms with Crippen molar-refractivity contribution in [2.24, 2.45) is 0 Å². The van der Waals surface area contributed by atoms with Gasteiger partial charge in [0.2, 0.25) is 0 Å². The normalized spacial score (nSPS) is 18.6. The van der Waals surface area contributed by atoms with Crippen molar-refractivity contribution < 1.29 is 38.2 Å². The first-order valence-electron chi connectivity index (χ1n) is 16.0. The maximum absolute atomic E-state index is 13.6. The minimum absolute atomic E-state index is 0.200. The molecule has 0 aromatic heterocycles. The van der Waals surface area contributed by atoms with E-state index in [4.69, 9.17) is 0 Å². The highest BCUT2D eigenvalue weighted by atomic mass is 19.1. The molecule has 2 heterocycles. The number of carbonyl (C=O) groups excluding carboxylic acids is 2. The molecule has 0 saturated carbocycles. The number of hydrogen-bond donors (Lipinski definition) is 2. The molecule has 244 valence electrons. The number of amides is 2. The number of fused-ring (bicyclic) bond motifs is 4. The van der Waals surface area contributed by atoms with Gasteiger partial charge in [0.05, 0.1) is 24.9 Å². The van der Waals surface area contributed by atoms with Crippen LogP contribution in [0.2, 0.25) is 0 Å². The molecule has 0 saturated heterocycles. The minimum atomic E-state index is -0.984. The van der Waals surface area contributed by atoms with Gasteiger partial charge in [0, 0.05) is 22.5 Å². The summed E-state index contributed by atoms with van der Waals surface area (Å²) in [4.78, 5) is 51.3. The third kappa shape index (κ3) is 5.61. The molecular weight excluding hydrogens is 618 g/mol. The molecule has 8 nitrogen and oxygen atoms in total. The van der Waals surface area contributed by atoms with Gasteiger partial charge in [-0.15, -0.1) is 0 Å². The Balaban J connectivity index is 0.000000152. The number of anilines is 2. The fourth-order valence-corrected chi connectivity index (χ4v) is 7.61. The molecule has 4 aliphatic rings. The zero-order valence-electron chi connectivity index (χ0n) is 25.9. The van der Waals surface area contributed by atoms with E-state index in [9.17, 15) is 38.2 Å². The Labute approximate surface area is 275 Å². The number of nitrogens with zero attached hydrogens (tertiary/aromatic N) is 2. The van der Waals surface area contributed by atoms with Gasteiger partial charge < -0.3 is 20.0 Å². The van der Waals surface area contributed by atoms with E-state index < -0.39 is 35.7 Å². The predicted octanol–water partition coefficient (Wildman–Crippen LogP) is 6.98. The number of aryl methyl sites for hydroxylation is 4. The largest absolute Gasteiger partial charge is 0.481 e. The molecule has 0 radical (unpaired) electrons. The fraction of sp³-hybridized carbons (Fsp3) is 0.263. The van der Waals surface area contributed by atoms with Gasteiger partial charge in [-0.1, -0.05) is 24.3 Å². The number of carbonyl (C=O) groups is 4. The van der Waals surface area contributed by atoms with E-state index in [1.807, 2.05) is 24.3 Å². The van der Waals surface area contributed by atoms with Gasteiger partial charge >= 0.3 is 11.9 Å². The van der Waals surface area contributed by atoms with Gasteiger partial charge in [0.15, 0.2) is 0 Å². The minimum Gasteiger partial charge on any atom is -0.481 e. The van der Waals surface area contributed by atoms with Crippen LogP contribution in [-0.4, -0.2) is 34.0 Å². The third-order valence-corrected chi connectivity index (χ3v) is 9.68. The second kappa shape index (κ2) is 12.3. The monoisotopic (exact) mass is 650 g/mol. The zero-order valence-corrected chi connectivity index (χ0v) is 25.9. The number of halogens is 2. The van der Waals surface area contributed by atoms with Crippen LogP contribution in [0.1, 0.15) is 91.9 Å². The lowest BCUT2D eigenvalue weighted by molar-refractivity contribution is -0.138. The van der Waals surface area contributed by atoms with E-state index in [2.05, 4.69) is 0 Å². The average molecular weight is 651 g/mol. The third-order valence-electron chi connectivity index (χ3n) is 9.68. The standard InChI is InChI=1S/2C19H16FNO3/c2*20-13-5-2-6-14(9-13)21-17(10-18(22)23)15-7-11-3-1-4-12(11)8-16(15)19(21)24/h2*2,5-9,17H,1,3-4,10H2,(H,22,23). The van der Waals surface area contributed by atoms with Crippen LogP contribution >= 0.6 is 0 Å². The predicted molar refractivity (Wildman–Crippen MR) is 173 cm³/mol. The molecule has 0 bridgehead atoms. The number of carboxylic acid groups (broad SMARTS) is 2. The summed E-state index contributed by atoms with van der Waals surface area (Å²) in [5.41, 5.74) is 8.08. The van der Waals surface area contributed by atoms with Crippen LogP contribution in [0, 0.1) is 11.6 Å². The van der Waals surface area contributed by atoms with Crippen LogP contribution in [-0.2, 0) is 35.3 Å². The van der Waals surface area contributed by atoms with Crippen molar-refractivity contribution in [3.63, 3.8) is 0 Å². The molecule has 2 aliphatic carbocycles. The Morgan fingerprint density at radius 2 is 0.979 bits per heavy atom. The molecule has 8 rings (SSSR count). The molecule has 0 fully saturated rings. The highest BCUT2D eigenvalue weighted by molar-refractivity contribution is 6.12. The Kier molecular flexibility index (Phi) is 8.02. The summed E-state index contributed by atoms with van der Waals surface area (Å²) in [7, 11) is 0. The summed E-state index contributed by atoms with van der Waals surface area (Å²) in [6.07, 6.45) is 5.52. The Hall–Kier alpha value is -5.38. The first-order valence-corrected chi connectivity index (χ1v) is 16.0. The number of hydrogen-bond acceptors (Lipinski definition) is 4.